The van der Waals surface area contributed by atoms with Crippen LogP contribution in [0.3, 0.4) is 0 Å². The second kappa shape index (κ2) is 26.9. The van der Waals surface area contributed by atoms with E-state index in [1.165, 1.54) is 117 Å². The van der Waals surface area contributed by atoms with Crippen LogP contribution < -0.4 is 26.2 Å². The average molecular weight is 1570 g/mol. The summed E-state index contributed by atoms with van der Waals surface area (Å²) >= 11 is 3.83. The number of thiophene rings is 2. The van der Waals surface area contributed by atoms with E-state index in [4.69, 9.17) is 0 Å². The third-order valence-electron chi connectivity index (χ3n) is 25.7. The summed E-state index contributed by atoms with van der Waals surface area (Å²) in [7, 11) is 0. The molecule has 4 nitrogen and oxygen atoms in total. The number of anilines is 6. The highest BCUT2D eigenvalue weighted by molar-refractivity contribution is 7.28. The highest BCUT2D eigenvalue weighted by Gasteiger charge is 2.47. The molecule has 574 valence electrons. The van der Waals surface area contributed by atoms with Crippen LogP contribution >= 0.6 is 22.7 Å². The van der Waals surface area contributed by atoms with Gasteiger partial charge in [-0.15, -0.1) is 22.7 Å². The van der Waals surface area contributed by atoms with Crippen molar-refractivity contribution in [3.8, 4) is 67.0 Å². The standard InChI is InChI=1S/C112H91BN4S2/c1-109(2,3)73-48-54-94-88(60-73)89-61-74(110(4,5)6)49-55-95(89)115(94)78-51-53-91-97(67-78)117(107-86(70-36-21-15-22-37-70)64-76(112(10,11)12)65-87(107)71-38-23-16-24-39-71)99-59-72(79-43-31-44-83-104-102(119-108(79)83)57-56-101-103(104)82-42-27-30-47-100(82)118-101)58-98-105(99)113(91)90-52-50-77(114-92-45-28-25-40-80(92)81-41-26-29-46-93(81)114)66-96(90)116(98)106-84(68-32-17-13-18-33-68)62-75(111(7,8)9)63-85(106)69-34-19-14-20-35-69/h13-67H,1-12H3. The Hall–Kier alpha value is -12.8. The van der Waals surface area contributed by atoms with E-state index in [0.29, 0.717) is 0 Å². The molecular weight excluding hydrogens is 1480 g/mol. The summed E-state index contributed by atoms with van der Waals surface area (Å²) in [5.41, 5.74) is 33.3. The molecule has 2 aliphatic rings. The lowest BCUT2D eigenvalue weighted by Crippen LogP contribution is -2.61. The molecule has 0 atom stereocenters. The Balaban J connectivity index is 0.948. The van der Waals surface area contributed by atoms with Crippen molar-refractivity contribution in [1.82, 2.24) is 9.13 Å². The van der Waals surface area contributed by atoms with Crippen LogP contribution in [0.25, 0.3) is 151 Å². The second-order valence-electron chi connectivity index (χ2n) is 37.2. The van der Waals surface area contributed by atoms with E-state index in [1.54, 1.807) is 0 Å². The largest absolute Gasteiger partial charge is 0.310 e. The molecular formula is C112H91BN4S2. The van der Waals surface area contributed by atoms with Crippen LogP contribution in [-0.2, 0) is 21.7 Å². The first-order valence-electron chi connectivity index (χ1n) is 42.1. The van der Waals surface area contributed by atoms with Gasteiger partial charge >= 0.3 is 0 Å². The fourth-order valence-electron chi connectivity index (χ4n) is 19.6. The molecule has 0 unspecified atom stereocenters. The van der Waals surface area contributed by atoms with Gasteiger partial charge in [-0.2, -0.15) is 0 Å². The van der Waals surface area contributed by atoms with Crippen molar-refractivity contribution < 1.29 is 0 Å². The maximum absolute atomic E-state index is 2.78. The second-order valence-corrected chi connectivity index (χ2v) is 39.3. The number of aromatic nitrogens is 2. The minimum atomic E-state index is -0.307. The van der Waals surface area contributed by atoms with E-state index in [9.17, 15) is 0 Å². The lowest BCUT2D eigenvalue weighted by molar-refractivity contribution is 0.590. The van der Waals surface area contributed by atoms with Crippen LogP contribution in [0.15, 0.2) is 334 Å². The van der Waals surface area contributed by atoms with Crippen molar-refractivity contribution in [2.24, 2.45) is 0 Å². The summed E-state index contributed by atoms with van der Waals surface area (Å²) in [5.74, 6) is 0. The van der Waals surface area contributed by atoms with Gasteiger partial charge in [-0.3, -0.25) is 0 Å². The maximum atomic E-state index is 2.78. The summed E-state index contributed by atoms with van der Waals surface area (Å²) < 4.78 is 10.3. The smallest absolute Gasteiger partial charge is 0.252 e. The normalized spacial score (nSPS) is 13.2. The van der Waals surface area contributed by atoms with E-state index in [2.05, 4.69) is 436 Å². The number of hydrogen-bond acceptors (Lipinski definition) is 4. The Morgan fingerprint density at radius 1 is 0.244 bits per heavy atom. The third-order valence-corrected chi connectivity index (χ3v) is 28.0. The van der Waals surface area contributed by atoms with Gasteiger partial charge in [-0.1, -0.05) is 301 Å². The van der Waals surface area contributed by atoms with E-state index in [0.717, 1.165) is 107 Å². The molecule has 6 heterocycles. The van der Waals surface area contributed by atoms with E-state index >= 15 is 0 Å². The predicted molar refractivity (Wildman–Crippen MR) is 517 cm³/mol. The molecule has 0 bridgehead atoms. The number of para-hydroxylation sites is 2. The van der Waals surface area contributed by atoms with Crippen molar-refractivity contribution in [3.05, 3.63) is 356 Å². The van der Waals surface area contributed by atoms with Crippen LogP contribution in [-0.4, -0.2) is 15.8 Å². The molecule has 0 saturated carbocycles. The molecule has 0 fully saturated rings. The van der Waals surface area contributed by atoms with Gasteiger partial charge in [0.25, 0.3) is 6.71 Å². The number of hydrogen-bond donors (Lipinski definition) is 0. The van der Waals surface area contributed by atoms with E-state index in [1.807, 2.05) is 22.7 Å². The third kappa shape index (κ3) is 11.6. The van der Waals surface area contributed by atoms with Crippen molar-refractivity contribution in [3.63, 3.8) is 0 Å². The van der Waals surface area contributed by atoms with Crippen LogP contribution in [0.5, 0.6) is 0 Å². The highest BCUT2D eigenvalue weighted by Crippen LogP contribution is 2.58. The Labute approximate surface area is 705 Å². The Morgan fingerprint density at radius 2 is 0.613 bits per heavy atom. The maximum Gasteiger partial charge on any atom is 0.252 e. The highest BCUT2D eigenvalue weighted by atomic mass is 32.1. The van der Waals surface area contributed by atoms with Gasteiger partial charge in [0.2, 0.25) is 0 Å². The topological polar surface area (TPSA) is 16.3 Å². The first-order chi connectivity index (χ1) is 57.6. The Morgan fingerprint density at radius 3 is 1.04 bits per heavy atom. The molecule has 0 saturated heterocycles. The van der Waals surface area contributed by atoms with Gasteiger partial charge in [0.1, 0.15) is 0 Å². The number of fused-ring (bicyclic) bond motifs is 17. The van der Waals surface area contributed by atoms with Gasteiger partial charge in [0.15, 0.2) is 0 Å². The molecule has 0 spiro atoms. The molecule has 0 N–H and O–H groups in total. The molecule has 4 aromatic heterocycles. The van der Waals surface area contributed by atoms with E-state index in [-0.39, 0.29) is 28.4 Å². The average Bonchev–Trinajstić information content (AvgIpc) is 0.841. The van der Waals surface area contributed by atoms with E-state index < -0.39 is 0 Å². The van der Waals surface area contributed by atoms with Crippen molar-refractivity contribution in [2.75, 3.05) is 9.80 Å². The van der Waals surface area contributed by atoms with Crippen LogP contribution in [0.2, 0.25) is 0 Å². The fourth-order valence-corrected chi connectivity index (χ4v) is 22.0. The van der Waals surface area contributed by atoms with Crippen molar-refractivity contribution >= 4 is 164 Å². The Bertz CT molecular complexity index is 7320. The molecule has 0 amide bonds. The number of benzene rings is 16. The molecule has 2 aliphatic heterocycles. The molecule has 0 radical (unpaired) electrons. The molecule has 7 heteroatoms. The minimum Gasteiger partial charge on any atom is -0.310 e. The minimum absolute atomic E-state index is 0.0801. The molecule has 22 rings (SSSR count). The molecule has 0 aliphatic carbocycles. The van der Waals surface area contributed by atoms with Gasteiger partial charge < -0.3 is 18.9 Å². The van der Waals surface area contributed by atoms with Crippen LogP contribution in [0, 0.1) is 0 Å². The first-order valence-corrected chi connectivity index (χ1v) is 43.7. The zero-order chi connectivity index (χ0) is 80.9. The van der Waals surface area contributed by atoms with Crippen LogP contribution in [0.4, 0.5) is 34.1 Å². The summed E-state index contributed by atoms with van der Waals surface area (Å²) in [6.07, 6.45) is 0. The summed E-state index contributed by atoms with van der Waals surface area (Å²) in [5, 5.41) is 10.2. The molecule has 119 heavy (non-hydrogen) atoms. The summed E-state index contributed by atoms with van der Waals surface area (Å²) in [6.45, 7) is 28.0. The zero-order valence-corrected chi connectivity index (χ0v) is 71.1. The number of rotatable bonds is 9. The predicted octanol–water partition coefficient (Wildman–Crippen LogP) is 30.2. The Kier molecular flexibility index (Phi) is 16.4. The van der Waals surface area contributed by atoms with Crippen molar-refractivity contribution in [1.29, 1.82) is 0 Å². The number of nitrogens with zero attached hydrogens (tertiary/aromatic N) is 4. The lowest BCUT2D eigenvalue weighted by Gasteiger charge is -2.46. The van der Waals surface area contributed by atoms with Gasteiger partial charge in [0, 0.05) is 118 Å². The fraction of sp³-hybridized carbons (Fsp3) is 0.143. The lowest BCUT2D eigenvalue weighted by atomic mass is 9.33. The monoisotopic (exact) mass is 1570 g/mol. The van der Waals surface area contributed by atoms with Gasteiger partial charge in [0.05, 0.1) is 33.4 Å². The SMILES string of the molecule is CC(C)(C)c1cc(-c2ccccc2)c(N2c3cc(-n4c5ccccc5c5ccccc54)ccc3B3c4ccc(-n5c6ccc(C(C)(C)C)cc6c6cc(C(C)(C)C)ccc65)cc4N(c4c(-c5ccccc5)cc(C(C)(C)C)cc4-c4ccccc4)c4cc(-c5cccc6c5sc5ccc7sc8ccccc8c7c56)cc2c43)c(-c2ccccc2)c1. The summed E-state index contributed by atoms with van der Waals surface area (Å²) in [6, 6.07) is 129. The van der Waals surface area contributed by atoms with Gasteiger partial charge in [-0.25, -0.2) is 0 Å². The first kappa shape index (κ1) is 72.7. The summed E-state index contributed by atoms with van der Waals surface area (Å²) in [4.78, 5) is 5.54. The van der Waals surface area contributed by atoms with Crippen molar-refractivity contribution in [2.45, 2.75) is 105 Å². The molecule has 16 aromatic carbocycles. The quantitative estimate of drug-likeness (QED) is 0.134. The zero-order valence-electron chi connectivity index (χ0n) is 69.4. The molecule has 20 aromatic rings. The van der Waals surface area contributed by atoms with Crippen LogP contribution in [0.1, 0.15) is 105 Å². The van der Waals surface area contributed by atoms with Gasteiger partial charge in [-0.05, 0) is 209 Å².